The van der Waals surface area contributed by atoms with Gasteiger partial charge >= 0.3 is 0 Å². The zero-order valence-corrected chi connectivity index (χ0v) is 22.7. The van der Waals surface area contributed by atoms with E-state index in [9.17, 15) is 31.2 Å². The zero-order chi connectivity index (χ0) is 28.4. The van der Waals surface area contributed by atoms with Crippen LogP contribution in [0, 0.1) is 18.3 Å². The Morgan fingerprint density at radius 2 is 1.25 bits per heavy atom. The van der Waals surface area contributed by atoms with Crippen LogP contribution in [-0.4, -0.2) is 25.9 Å². The molecule has 6 aromatic carbocycles. The lowest BCUT2D eigenvalue weighted by atomic mass is 9.91. The Kier molecular flexibility index (Phi) is 5.91. The summed E-state index contributed by atoms with van der Waals surface area (Å²) in [5.74, 6) is 0. The molecule has 6 rings (SSSR count). The largest absolute Gasteiger partial charge is 0.296 e. The second-order valence-corrected chi connectivity index (χ2v) is 12.5. The molecule has 0 amide bonds. The lowest BCUT2D eigenvalue weighted by Crippen LogP contribution is -2.04. The van der Waals surface area contributed by atoms with Crippen molar-refractivity contribution in [3.63, 3.8) is 0 Å². The van der Waals surface area contributed by atoms with Crippen molar-refractivity contribution in [1.82, 2.24) is 0 Å². The molecule has 0 fully saturated rings. The number of hydrogen-bond acceptors (Lipinski definition) is 5. The topological polar surface area (TPSA) is 133 Å². The number of rotatable bonds is 4. The van der Waals surface area contributed by atoms with Crippen molar-refractivity contribution in [3.05, 3.63) is 107 Å². The molecule has 0 aromatic heterocycles. The highest BCUT2D eigenvalue weighted by molar-refractivity contribution is 7.86. The number of nitriles is 1. The Hall–Kier alpha value is -4.33. The monoisotopic (exact) mass is 567 g/mol. The standard InChI is InChI=1S/C31H21NO6S2/c1-18-26-12-19-5-2-3-6-20(19)13-28(26)25(16-30(18)39(33,34)35)11-21-7-4-8-22-15-29-23(14-27(21)22)9-10-24(17-32)31(29)40(36,37)38/h2-10,12-16H,11H2,1H3,(H,33,34,35)(H,36,37,38). The van der Waals surface area contributed by atoms with Crippen LogP contribution >= 0.6 is 0 Å². The van der Waals surface area contributed by atoms with Gasteiger partial charge in [0.15, 0.2) is 0 Å². The highest BCUT2D eigenvalue weighted by atomic mass is 32.2. The van der Waals surface area contributed by atoms with E-state index >= 15 is 0 Å². The first-order valence-electron chi connectivity index (χ1n) is 12.2. The first-order chi connectivity index (χ1) is 19.0. The molecule has 0 aliphatic rings. The van der Waals surface area contributed by atoms with Gasteiger partial charge in [-0.1, -0.05) is 48.5 Å². The quantitative estimate of drug-likeness (QED) is 0.182. The van der Waals surface area contributed by atoms with Crippen LogP contribution < -0.4 is 0 Å². The molecule has 0 spiro atoms. The summed E-state index contributed by atoms with van der Waals surface area (Å²) in [6, 6.07) is 27.0. The van der Waals surface area contributed by atoms with Crippen LogP contribution in [0.15, 0.2) is 94.7 Å². The minimum absolute atomic E-state index is 0.151. The Morgan fingerprint density at radius 3 is 1.90 bits per heavy atom. The van der Waals surface area contributed by atoms with E-state index in [4.69, 9.17) is 0 Å². The predicted molar refractivity (Wildman–Crippen MR) is 155 cm³/mol. The average molecular weight is 568 g/mol. The van der Waals surface area contributed by atoms with Crippen molar-refractivity contribution >= 4 is 63.3 Å². The van der Waals surface area contributed by atoms with E-state index < -0.39 is 25.1 Å². The van der Waals surface area contributed by atoms with Crippen LogP contribution in [0.5, 0.6) is 0 Å². The smallest absolute Gasteiger partial charge is 0.282 e. The van der Waals surface area contributed by atoms with Crippen molar-refractivity contribution in [3.8, 4) is 6.07 Å². The molecular formula is C31H21NO6S2. The number of aryl methyl sites for hydroxylation is 1. The van der Waals surface area contributed by atoms with Gasteiger partial charge in [0.2, 0.25) is 0 Å². The van der Waals surface area contributed by atoms with E-state index in [1.54, 1.807) is 37.3 Å². The van der Waals surface area contributed by atoms with Crippen LogP contribution in [0.25, 0.3) is 43.1 Å². The summed E-state index contributed by atoms with van der Waals surface area (Å²) in [7, 11) is -9.16. The van der Waals surface area contributed by atoms with E-state index in [0.717, 1.165) is 32.5 Å². The molecule has 0 heterocycles. The van der Waals surface area contributed by atoms with Gasteiger partial charge < -0.3 is 0 Å². The van der Waals surface area contributed by atoms with Crippen molar-refractivity contribution in [1.29, 1.82) is 5.26 Å². The lowest BCUT2D eigenvalue weighted by Gasteiger charge is -2.16. The Bertz CT molecular complexity index is 2320. The summed E-state index contributed by atoms with van der Waals surface area (Å²) in [4.78, 5) is -0.591. The molecule has 7 nitrogen and oxygen atoms in total. The minimum Gasteiger partial charge on any atom is -0.282 e. The molecule has 6 aromatic rings. The molecular weight excluding hydrogens is 546 g/mol. The van der Waals surface area contributed by atoms with Gasteiger partial charge in [-0.3, -0.25) is 9.11 Å². The molecule has 0 bridgehead atoms. The van der Waals surface area contributed by atoms with E-state index in [-0.39, 0.29) is 15.8 Å². The van der Waals surface area contributed by atoms with E-state index in [2.05, 4.69) is 0 Å². The Morgan fingerprint density at radius 1 is 0.650 bits per heavy atom. The second-order valence-electron chi connectivity index (χ2n) is 9.80. The molecule has 0 aliphatic heterocycles. The fraction of sp³-hybridized carbons (Fsp3) is 0.0645. The molecule has 0 unspecified atom stereocenters. The molecule has 198 valence electrons. The van der Waals surface area contributed by atoms with Gasteiger partial charge in [0.1, 0.15) is 11.0 Å². The summed E-state index contributed by atoms with van der Waals surface area (Å²) in [5, 5.41) is 15.2. The molecule has 40 heavy (non-hydrogen) atoms. The third kappa shape index (κ3) is 4.28. The highest BCUT2D eigenvalue weighted by Gasteiger charge is 2.22. The third-order valence-corrected chi connectivity index (χ3v) is 9.34. The van der Waals surface area contributed by atoms with Crippen LogP contribution in [0.2, 0.25) is 0 Å². The molecule has 0 atom stereocenters. The molecule has 9 heteroatoms. The van der Waals surface area contributed by atoms with Crippen molar-refractivity contribution in [2.75, 3.05) is 0 Å². The fourth-order valence-electron chi connectivity index (χ4n) is 5.57. The number of hydrogen-bond donors (Lipinski definition) is 2. The fourth-order valence-corrected chi connectivity index (χ4v) is 7.20. The highest BCUT2D eigenvalue weighted by Crippen LogP contribution is 2.36. The lowest BCUT2D eigenvalue weighted by molar-refractivity contribution is 0.481. The van der Waals surface area contributed by atoms with Gasteiger partial charge in [0.05, 0.1) is 10.5 Å². The van der Waals surface area contributed by atoms with Crippen LogP contribution in [0.1, 0.15) is 22.3 Å². The Labute approximate surface area is 230 Å². The maximum atomic E-state index is 12.4. The van der Waals surface area contributed by atoms with Gasteiger partial charge in [-0.15, -0.1) is 0 Å². The molecule has 0 radical (unpaired) electrons. The summed E-state index contributed by atoms with van der Waals surface area (Å²) in [6.45, 7) is 1.68. The summed E-state index contributed by atoms with van der Waals surface area (Å²) in [6.07, 6.45) is 0.321. The van der Waals surface area contributed by atoms with Crippen molar-refractivity contribution in [2.45, 2.75) is 23.1 Å². The normalized spacial score (nSPS) is 12.3. The summed E-state index contributed by atoms with van der Waals surface area (Å²) >= 11 is 0. The number of nitrogens with zero attached hydrogens (tertiary/aromatic N) is 1. The SMILES string of the molecule is Cc1c(S(=O)(=O)O)cc(Cc2cccc3cc4c(S(=O)(=O)O)c(C#N)ccc4cc23)c2cc3ccccc3cc12. The van der Waals surface area contributed by atoms with Crippen LogP contribution in [-0.2, 0) is 26.7 Å². The van der Waals surface area contributed by atoms with Gasteiger partial charge in [0, 0.05) is 5.39 Å². The summed E-state index contributed by atoms with van der Waals surface area (Å²) in [5.41, 5.74) is 1.85. The number of fused-ring (bicyclic) bond motifs is 4. The maximum Gasteiger partial charge on any atom is 0.296 e. The summed E-state index contributed by atoms with van der Waals surface area (Å²) < 4.78 is 68.9. The minimum atomic E-state index is -4.67. The molecule has 0 saturated carbocycles. The maximum absolute atomic E-state index is 12.4. The van der Waals surface area contributed by atoms with E-state index in [0.29, 0.717) is 28.3 Å². The molecule has 2 N–H and O–H groups in total. The first-order valence-corrected chi connectivity index (χ1v) is 15.1. The Balaban J connectivity index is 1.63. The third-order valence-electron chi connectivity index (χ3n) is 7.41. The second kappa shape index (κ2) is 9.11. The van der Waals surface area contributed by atoms with Crippen molar-refractivity contribution in [2.24, 2.45) is 0 Å². The van der Waals surface area contributed by atoms with Crippen molar-refractivity contribution < 1.29 is 25.9 Å². The van der Waals surface area contributed by atoms with E-state index in [1.807, 2.05) is 48.5 Å². The number of benzene rings is 6. The van der Waals surface area contributed by atoms with Gasteiger partial charge in [-0.05, 0) is 104 Å². The molecule has 0 aliphatic carbocycles. The van der Waals surface area contributed by atoms with Crippen LogP contribution in [0.3, 0.4) is 0 Å². The average Bonchev–Trinajstić information content (AvgIpc) is 2.91. The van der Waals surface area contributed by atoms with Gasteiger partial charge in [0.25, 0.3) is 20.2 Å². The van der Waals surface area contributed by atoms with Gasteiger partial charge in [-0.25, -0.2) is 0 Å². The van der Waals surface area contributed by atoms with Gasteiger partial charge in [-0.2, -0.15) is 22.1 Å². The predicted octanol–water partition coefficient (Wildman–Crippen LogP) is 6.56. The first kappa shape index (κ1) is 25.9. The zero-order valence-electron chi connectivity index (χ0n) is 21.1. The van der Waals surface area contributed by atoms with Crippen LogP contribution in [0.4, 0.5) is 0 Å². The van der Waals surface area contributed by atoms with E-state index in [1.165, 1.54) is 12.1 Å². The molecule has 0 saturated heterocycles.